The molecule has 182 valence electrons. The topological polar surface area (TPSA) is 134 Å². The molecule has 2 aromatic rings. The molecule has 35 heavy (non-hydrogen) atoms. The monoisotopic (exact) mass is 495 g/mol. The molecule has 11 heteroatoms. The Hall–Kier alpha value is -3.86. The fraction of sp³-hybridized carbons (Fsp3) is 0.292. The van der Waals surface area contributed by atoms with Crippen molar-refractivity contribution in [3.63, 3.8) is 0 Å². The predicted octanol–water partition coefficient (Wildman–Crippen LogP) is 3.41. The van der Waals surface area contributed by atoms with Gasteiger partial charge in [-0.05, 0) is 35.2 Å². The Morgan fingerprint density at radius 3 is 2.37 bits per heavy atom. The summed E-state index contributed by atoms with van der Waals surface area (Å²) in [6.45, 7) is 6.44. The smallest absolute Gasteiger partial charge is 0.269 e. The summed E-state index contributed by atoms with van der Waals surface area (Å²) in [7, 11) is -3.89. The minimum Gasteiger partial charge on any atom is -0.312 e. The lowest BCUT2D eigenvalue weighted by molar-refractivity contribution is -0.384. The average Bonchev–Trinajstić information content (AvgIpc) is 2.83. The molecule has 1 atom stereocenters. The first-order valence-corrected chi connectivity index (χ1v) is 12.4. The highest BCUT2D eigenvalue weighted by molar-refractivity contribution is 7.89. The highest BCUT2D eigenvalue weighted by Crippen LogP contribution is 2.25. The molecule has 0 saturated heterocycles. The van der Waals surface area contributed by atoms with E-state index in [9.17, 15) is 23.3 Å². The largest absolute Gasteiger partial charge is 0.312 e. The number of rotatable bonds is 5. The molecule has 1 N–H and O–H groups in total. The van der Waals surface area contributed by atoms with Crippen LogP contribution in [-0.2, 0) is 15.4 Å². The Kier molecular flexibility index (Phi) is 6.28. The number of non-ortho nitro benzene ring substituents is 1. The van der Waals surface area contributed by atoms with Crippen LogP contribution in [0.2, 0.25) is 0 Å². The van der Waals surface area contributed by atoms with Crippen molar-refractivity contribution in [2.45, 2.75) is 43.8 Å². The zero-order valence-corrected chi connectivity index (χ0v) is 20.3. The number of nitrogens with zero attached hydrogens (tertiary/aromatic N) is 4. The van der Waals surface area contributed by atoms with Gasteiger partial charge in [-0.15, -0.1) is 0 Å². The van der Waals surface area contributed by atoms with Gasteiger partial charge in [-0.1, -0.05) is 32.9 Å². The molecular weight excluding hydrogens is 470 g/mol. The van der Waals surface area contributed by atoms with Crippen molar-refractivity contribution in [3.8, 4) is 0 Å². The van der Waals surface area contributed by atoms with Gasteiger partial charge in [0, 0.05) is 48.6 Å². The summed E-state index contributed by atoms with van der Waals surface area (Å²) in [4.78, 5) is 31.6. The highest BCUT2D eigenvalue weighted by atomic mass is 32.2. The molecule has 1 unspecified atom stereocenters. The van der Waals surface area contributed by atoms with Crippen LogP contribution in [-0.4, -0.2) is 48.3 Å². The van der Waals surface area contributed by atoms with Crippen molar-refractivity contribution in [1.29, 1.82) is 0 Å². The van der Waals surface area contributed by atoms with Crippen molar-refractivity contribution in [3.05, 3.63) is 81.5 Å². The second kappa shape index (κ2) is 9.06. The van der Waals surface area contributed by atoms with E-state index in [4.69, 9.17) is 0 Å². The van der Waals surface area contributed by atoms with Crippen LogP contribution >= 0.6 is 0 Å². The number of nitro groups is 1. The van der Waals surface area contributed by atoms with Gasteiger partial charge in [-0.2, -0.15) is 0 Å². The fourth-order valence-corrected chi connectivity index (χ4v) is 5.02. The number of nitrogens with one attached hydrogen (secondary N) is 1. The summed E-state index contributed by atoms with van der Waals surface area (Å²) in [6, 6.07) is 12.1. The minimum absolute atomic E-state index is 0.0157. The summed E-state index contributed by atoms with van der Waals surface area (Å²) in [5, 5.41) is 13.6. The number of aliphatic imine (C=N–C) groups is 2. The third-order valence-electron chi connectivity index (χ3n) is 5.75. The molecule has 0 spiro atoms. The molecule has 0 radical (unpaired) electrons. The van der Waals surface area contributed by atoms with E-state index in [1.54, 1.807) is 12.1 Å². The molecule has 0 aromatic heterocycles. The van der Waals surface area contributed by atoms with E-state index in [2.05, 4.69) is 36.1 Å². The van der Waals surface area contributed by atoms with E-state index in [1.165, 1.54) is 28.9 Å². The molecule has 4 rings (SSSR count). The molecule has 0 aliphatic carbocycles. The Labute approximate surface area is 203 Å². The predicted molar refractivity (Wildman–Crippen MR) is 132 cm³/mol. The SMILES string of the molecule is CC(C)(C)c1ccc(C(=O)NC2N=CC3=CN(S(=O)(=O)c4ccc([N+](=O)[O-])cc4)CCC3=N2)cc1. The minimum atomic E-state index is -3.89. The maximum atomic E-state index is 13.0. The van der Waals surface area contributed by atoms with Gasteiger partial charge in [0.15, 0.2) is 0 Å². The van der Waals surface area contributed by atoms with Gasteiger partial charge in [0.1, 0.15) is 0 Å². The van der Waals surface area contributed by atoms with Crippen LogP contribution in [0.4, 0.5) is 5.69 Å². The molecule has 0 bridgehead atoms. The van der Waals surface area contributed by atoms with Gasteiger partial charge in [0.25, 0.3) is 21.6 Å². The van der Waals surface area contributed by atoms with E-state index in [-0.39, 0.29) is 28.4 Å². The van der Waals surface area contributed by atoms with E-state index < -0.39 is 21.2 Å². The molecule has 1 amide bonds. The van der Waals surface area contributed by atoms with Crippen molar-refractivity contribution in [2.24, 2.45) is 9.98 Å². The maximum absolute atomic E-state index is 13.0. The number of fused-ring (bicyclic) bond motifs is 1. The standard InChI is InChI=1S/C24H25N5O5S/c1-24(2,3)18-6-4-16(5-7-18)22(30)27-23-25-14-17-15-28(13-12-21(17)26-23)35(33,34)20-10-8-19(9-11-20)29(31)32/h4-11,14-15,23H,12-13H2,1-3H3,(H,27,30). The Morgan fingerprint density at radius 2 is 1.77 bits per heavy atom. The second-order valence-corrected chi connectivity index (χ2v) is 11.1. The average molecular weight is 496 g/mol. The third-order valence-corrected chi connectivity index (χ3v) is 7.52. The summed E-state index contributed by atoms with van der Waals surface area (Å²) in [5.41, 5.74) is 2.59. The third kappa shape index (κ3) is 5.14. The first-order valence-electron chi connectivity index (χ1n) is 10.9. The lowest BCUT2D eigenvalue weighted by Gasteiger charge is -2.28. The zero-order chi connectivity index (χ0) is 25.4. The number of amides is 1. The van der Waals surface area contributed by atoms with Crippen molar-refractivity contribution < 1.29 is 18.1 Å². The van der Waals surface area contributed by atoms with Crippen LogP contribution in [0.1, 0.15) is 43.1 Å². The van der Waals surface area contributed by atoms with E-state index in [0.717, 1.165) is 17.7 Å². The Balaban J connectivity index is 1.46. The zero-order valence-electron chi connectivity index (χ0n) is 19.5. The number of sulfonamides is 1. The number of hydrogen-bond donors (Lipinski definition) is 1. The summed E-state index contributed by atoms with van der Waals surface area (Å²) >= 11 is 0. The molecule has 0 saturated carbocycles. The highest BCUT2D eigenvalue weighted by Gasteiger charge is 2.29. The number of allylic oxidation sites excluding steroid dienone is 1. The van der Waals surface area contributed by atoms with Gasteiger partial charge in [-0.3, -0.25) is 19.2 Å². The van der Waals surface area contributed by atoms with Gasteiger partial charge < -0.3 is 5.32 Å². The first-order chi connectivity index (χ1) is 16.4. The first kappa shape index (κ1) is 24.3. The molecule has 2 aromatic carbocycles. The molecule has 2 aliphatic rings. The van der Waals surface area contributed by atoms with Crippen molar-refractivity contribution in [1.82, 2.24) is 9.62 Å². The van der Waals surface area contributed by atoms with Crippen LogP contribution in [0.5, 0.6) is 0 Å². The maximum Gasteiger partial charge on any atom is 0.269 e. The Morgan fingerprint density at radius 1 is 1.11 bits per heavy atom. The fourth-order valence-electron chi connectivity index (χ4n) is 3.69. The molecule has 0 fully saturated rings. The number of nitro benzene ring substituents is 1. The molecule has 10 nitrogen and oxygen atoms in total. The summed E-state index contributed by atoms with van der Waals surface area (Å²) < 4.78 is 27.1. The number of carbonyl (C=O) groups is 1. The van der Waals surface area contributed by atoms with Gasteiger partial charge in [-0.25, -0.2) is 18.4 Å². The van der Waals surface area contributed by atoms with Gasteiger partial charge in [0.05, 0.1) is 15.5 Å². The van der Waals surface area contributed by atoms with Gasteiger partial charge in [0.2, 0.25) is 6.29 Å². The van der Waals surface area contributed by atoms with Gasteiger partial charge >= 0.3 is 0 Å². The van der Waals surface area contributed by atoms with Crippen molar-refractivity contribution in [2.75, 3.05) is 6.54 Å². The van der Waals surface area contributed by atoms with Crippen LogP contribution in [0, 0.1) is 10.1 Å². The quantitative estimate of drug-likeness (QED) is 0.501. The normalized spacial score (nSPS) is 17.8. The van der Waals surface area contributed by atoms with Crippen LogP contribution in [0.3, 0.4) is 0 Å². The van der Waals surface area contributed by atoms with Crippen LogP contribution in [0.15, 0.2) is 75.2 Å². The number of hydrogen-bond acceptors (Lipinski definition) is 7. The van der Waals surface area contributed by atoms with E-state index in [0.29, 0.717) is 23.3 Å². The summed E-state index contributed by atoms with van der Waals surface area (Å²) in [6.07, 6.45) is 2.46. The molecular formula is C24H25N5O5S. The Bertz CT molecular complexity index is 1350. The van der Waals surface area contributed by atoms with Crippen LogP contribution < -0.4 is 5.32 Å². The molecule has 2 aliphatic heterocycles. The van der Waals surface area contributed by atoms with E-state index >= 15 is 0 Å². The number of benzene rings is 2. The lowest BCUT2D eigenvalue weighted by atomic mass is 9.87. The lowest BCUT2D eigenvalue weighted by Crippen LogP contribution is -2.38. The molecule has 2 heterocycles. The number of carbonyl (C=O) groups excluding carboxylic acids is 1. The van der Waals surface area contributed by atoms with E-state index in [1.807, 2.05) is 12.1 Å². The second-order valence-electron chi connectivity index (χ2n) is 9.23. The summed E-state index contributed by atoms with van der Waals surface area (Å²) in [5.74, 6) is -0.303. The van der Waals surface area contributed by atoms with Crippen LogP contribution in [0.25, 0.3) is 0 Å². The van der Waals surface area contributed by atoms with Crippen molar-refractivity contribution >= 4 is 33.5 Å².